The van der Waals surface area contributed by atoms with Crippen LogP contribution in [0.2, 0.25) is 0 Å². The van der Waals surface area contributed by atoms with E-state index in [0.717, 1.165) is 36.4 Å². The molecule has 5 nitrogen and oxygen atoms in total. The summed E-state index contributed by atoms with van der Waals surface area (Å²) in [6.45, 7) is 5.58. The molecule has 1 aliphatic heterocycles. The molecule has 2 heterocycles. The molecule has 1 aromatic heterocycles. The summed E-state index contributed by atoms with van der Waals surface area (Å²) < 4.78 is 27.9. The molecule has 1 saturated heterocycles. The molecule has 2 atom stereocenters. The van der Waals surface area contributed by atoms with Gasteiger partial charge in [0, 0.05) is 17.5 Å². The van der Waals surface area contributed by atoms with Gasteiger partial charge in [0.25, 0.3) is 0 Å². The maximum absolute atomic E-state index is 12.4. The van der Waals surface area contributed by atoms with E-state index in [1.807, 2.05) is 6.92 Å². The van der Waals surface area contributed by atoms with Gasteiger partial charge in [0.15, 0.2) is 0 Å². The first-order valence-corrected chi connectivity index (χ1v) is 9.04. The van der Waals surface area contributed by atoms with Crippen LogP contribution in [0.1, 0.15) is 23.8 Å². The largest absolute Gasteiger partial charge is 0.391 e. The van der Waals surface area contributed by atoms with Crippen LogP contribution in [0.25, 0.3) is 0 Å². The predicted molar refractivity (Wildman–Crippen MR) is 80.4 cm³/mol. The Hall–Kier alpha value is -0.470. The third-order valence-corrected chi connectivity index (χ3v) is 7.01. The number of nitrogens with one attached hydrogen (secondary N) is 1. The third kappa shape index (κ3) is 3.40. The first kappa shape index (κ1) is 15.9. The van der Waals surface area contributed by atoms with E-state index in [1.165, 1.54) is 0 Å². The number of likely N-dealkylation sites (tertiary alicyclic amines) is 1. The lowest BCUT2D eigenvalue weighted by Gasteiger charge is -2.34. The quantitative estimate of drug-likeness (QED) is 0.874. The number of aliphatic hydroxyl groups is 1. The van der Waals surface area contributed by atoms with Crippen molar-refractivity contribution in [2.75, 3.05) is 20.1 Å². The number of thiophene rings is 1. The average molecular weight is 318 g/mol. The zero-order valence-corrected chi connectivity index (χ0v) is 13.7. The van der Waals surface area contributed by atoms with Crippen LogP contribution < -0.4 is 4.72 Å². The molecule has 0 amide bonds. The van der Waals surface area contributed by atoms with Crippen LogP contribution in [0.3, 0.4) is 0 Å². The summed E-state index contributed by atoms with van der Waals surface area (Å²) in [6.07, 6.45) is 0.827. The number of hydrogen-bond donors (Lipinski definition) is 2. The maximum atomic E-state index is 12.4. The number of aliphatic hydroxyl groups excluding tert-OH is 1. The highest BCUT2D eigenvalue weighted by atomic mass is 32.2. The van der Waals surface area contributed by atoms with Gasteiger partial charge >= 0.3 is 0 Å². The van der Waals surface area contributed by atoms with Gasteiger partial charge in [-0.25, -0.2) is 13.1 Å². The van der Waals surface area contributed by atoms with E-state index >= 15 is 0 Å². The molecule has 1 aromatic rings. The van der Waals surface area contributed by atoms with Crippen molar-refractivity contribution in [1.29, 1.82) is 0 Å². The fraction of sp³-hybridized carbons (Fsp3) is 0.692. The van der Waals surface area contributed by atoms with Gasteiger partial charge in [-0.2, -0.15) is 0 Å². The van der Waals surface area contributed by atoms with Crippen molar-refractivity contribution in [3.8, 4) is 0 Å². The standard InChI is InChI=1S/C13H22N2O3S2/c1-9-6-13(19-12(9)8-16)20(17,18)14-11-4-5-15(3)7-10(11)2/h6,10-11,14,16H,4-5,7-8H2,1-3H3. The summed E-state index contributed by atoms with van der Waals surface area (Å²) in [6, 6.07) is 1.62. The Kier molecular flexibility index (Phi) is 4.86. The van der Waals surface area contributed by atoms with Gasteiger partial charge in [0.05, 0.1) is 6.61 Å². The van der Waals surface area contributed by atoms with Gasteiger partial charge in [-0.1, -0.05) is 6.92 Å². The molecule has 0 aliphatic carbocycles. The van der Waals surface area contributed by atoms with Crippen LogP contribution in [-0.2, 0) is 16.6 Å². The van der Waals surface area contributed by atoms with Crippen LogP contribution in [0, 0.1) is 12.8 Å². The number of aryl methyl sites for hydroxylation is 1. The Morgan fingerprint density at radius 2 is 2.25 bits per heavy atom. The third-order valence-electron chi connectivity index (χ3n) is 3.82. The molecule has 0 bridgehead atoms. The fourth-order valence-corrected chi connectivity index (χ4v) is 5.41. The van der Waals surface area contributed by atoms with Gasteiger partial charge in [0.1, 0.15) is 4.21 Å². The van der Waals surface area contributed by atoms with Gasteiger partial charge in [-0.15, -0.1) is 11.3 Å². The minimum absolute atomic E-state index is 0.0174. The lowest BCUT2D eigenvalue weighted by molar-refractivity contribution is 0.188. The van der Waals surface area contributed by atoms with E-state index in [4.69, 9.17) is 0 Å². The first-order valence-electron chi connectivity index (χ1n) is 6.74. The highest BCUT2D eigenvalue weighted by Crippen LogP contribution is 2.27. The van der Waals surface area contributed by atoms with Crippen molar-refractivity contribution in [3.05, 3.63) is 16.5 Å². The lowest BCUT2D eigenvalue weighted by Crippen LogP contribution is -2.48. The summed E-state index contributed by atoms with van der Waals surface area (Å²) >= 11 is 1.15. The van der Waals surface area contributed by atoms with E-state index in [9.17, 15) is 13.5 Å². The highest BCUT2D eigenvalue weighted by molar-refractivity contribution is 7.91. The number of sulfonamides is 1. The van der Waals surface area contributed by atoms with Crippen LogP contribution >= 0.6 is 11.3 Å². The van der Waals surface area contributed by atoms with E-state index in [0.29, 0.717) is 15.0 Å². The Morgan fingerprint density at radius 3 is 2.80 bits per heavy atom. The monoisotopic (exact) mass is 318 g/mol. The molecule has 0 saturated carbocycles. The molecule has 20 heavy (non-hydrogen) atoms. The highest BCUT2D eigenvalue weighted by Gasteiger charge is 2.29. The molecular weight excluding hydrogens is 296 g/mol. The second kappa shape index (κ2) is 6.11. The van der Waals surface area contributed by atoms with Crippen LogP contribution in [0.4, 0.5) is 0 Å². The number of rotatable bonds is 4. The van der Waals surface area contributed by atoms with Crippen LogP contribution in [0.5, 0.6) is 0 Å². The minimum Gasteiger partial charge on any atom is -0.391 e. The molecule has 114 valence electrons. The zero-order chi connectivity index (χ0) is 14.9. The van der Waals surface area contributed by atoms with Crippen molar-refractivity contribution < 1.29 is 13.5 Å². The Balaban J connectivity index is 2.14. The van der Waals surface area contributed by atoms with Crippen LogP contribution in [0.15, 0.2) is 10.3 Å². The summed E-state index contributed by atoms with van der Waals surface area (Å²) in [5, 5.41) is 9.18. The zero-order valence-electron chi connectivity index (χ0n) is 12.1. The molecule has 2 N–H and O–H groups in total. The lowest BCUT2D eigenvalue weighted by atomic mass is 9.95. The Bertz CT molecular complexity index is 568. The van der Waals surface area contributed by atoms with Crippen molar-refractivity contribution in [3.63, 3.8) is 0 Å². The first-order chi connectivity index (χ1) is 9.33. The maximum Gasteiger partial charge on any atom is 0.250 e. The topological polar surface area (TPSA) is 69.6 Å². The molecule has 0 aromatic carbocycles. The second-order valence-corrected chi connectivity index (χ2v) is 8.66. The minimum atomic E-state index is -3.48. The van der Waals surface area contributed by atoms with Crippen molar-refractivity contribution in [1.82, 2.24) is 9.62 Å². The molecule has 0 spiro atoms. The smallest absolute Gasteiger partial charge is 0.250 e. The number of piperidine rings is 1. The van der Waals surface area contributed by atoms with Crippen molar-refractivity contribution >= 4 is 21.4 Å². The average Bonchev–Trinajstić information content (AvgIpc) is 2.75. The van der Waals surface area contributed by atoms with E-state index in [1.54, 1.807) is 6.07 Å². The van der Waals surface area contributed by atoms with Gasteiger partial charge in [-0.05, 0) is 44.5 Å². The number of hydrogen-bond acceptors (Lipinski definition) is 5. The van der Waals surface area contributed by atoms with Crippen molar-refractivity contribution in [2.45, 2.75) is 37.1 Å². The van der Waals surface area contributed by atoms with Gasteiger partial charge < -0.3 is 10.0 Å². The Labute approximate surface area is 124 Å². The van der Waals surface area contributed by atoms with Gasteiger partial charge in [0.2, 0.25) is 10.0 Å². The molecule has 2 unspecified atom stereocenters. The van der Waals surface area contributed by atoms with Crippen molar-refractivity contribution in [2.24, 2.45) is 5.92 Å². The molecule has 0 radical (unpaired) electrons. The van der Waals surface area contributed by atoms with Gasteiger partial charge in [-0.3, -0.25) is 0 Å². The number of nitrogens with zero attached hydrogens (tertiary/aromatic N) is 1. The summed E-state index contributed by atoms with van der Waals surface area (Å²) in [7, 11) is -1.43. The summed E-state index contributed by atoms with van der Waals surface area (Å²) in [5.41, 5.74) is 0.828. The van der Waals surface area contributed by atoms with Crippen LogP contribution in [-0.4, -0.2) is 44.6 Å². The predicted octanol–water partition coefficient (Wildman–Crippen LogP) is 1.17. The molecule has 2 rings (SSSR count). The Morgan fingerprint density at radius 1 is 1.55 bits per heavy atom. The fourth-order valence-electron chi connectivity index (χ4n) is 2.56. The normalized spacial score (nSPS) is 25.0. The summed E-state index contributed by atoms with van der Waals surface area (Å²) in [5.74, 6) is 0.293. The molecule has 1 aliphatic rings. The molecule has 7 heteroatoms. The summed E-state index contributed by atoms with van der Waals surface area (Å²) in [4.78, 5) is 2.93. The molecular formula is C13H22N2O3S2. The SMILES string of the molecule is Cc1cc(S(=O)(=O)NC2CCN(C)CC2C)sc1CO. The van der Waals surface area contributed by atoms with E-state index < -0.39 is 10.0 Å². The molecule has 1 fully saturated rings. The second-order valence-electron chi connectivity index (χ2n) is 5.59. The van der Waals surface area contributed by atoms with E-state index in [2.05, 4.69) is 23.6 Å². The van der Waals surface area contributed by atoms with E-state index in [-0.39, 0.29) is 12.6 Å².